The van der Waals surface area contributed by atoms with Crippen molar-refractivity contribution in [3.05, 3.63) is 0 Å². The first-order valence-electron chi connectivity index (χ1n) is 3.30. The van der Waals surface area contributed by atoms with Gasteiger partial charge in [0, 0.05) is 0 Å². The van der Waals surface area contributed by atoms with Crippen molar-refractivity contribution < 1.29 is 9.47 Å². The molecule has 0 bridgehead atoms. The predicted octanol–water partition coefficient (Wildman–Crippen LogP) is 1.41. The molecule has 0 N–H and O–H groups in total. The van der Waals surface area contributed by atoms with Gasteiger partial charge in [-0.05, 0) is 5.41 Å². The van der Waals surface area contributed by atoms with Crippen molar-refractivity contribution in [2.75, 3.05) is 13.4 Å². The normalized spacial score (nSPS) is 29.0. The van der Waals surface area contributed by atoms with E-state index in [1.54, 1.807) is 0 Å². The molecule has 9 heavy (non-hydrogen) atoms. The van der Waals surface area contributed by atoms with Crippen LogP contribution in [-0.4, -0.2) is 19.5 Å². The van der Waals surface area contributed by atoms with Crippen molar-refractivity contribution >= 4 is 0 Å². The molecule has 0 aromatic rings. The van der Waals surface area contributed by atoms with E-state index in [0.29, 0.717) is 6.79 Å². The summed E-state index contributed by atoms with van der Waals surface area (Å²) in [7, 11) is 0. The van der Waals surface area contributed by atoms with E-state index < -0.39 is 0 Å². The largest absolute Gasteiger partial charge is 0.353 e. The average Bonchev–Trinajstić information content (AvgIpc) is 2.08. The summed E-state index contributed by atoms with van der Waals surface area (Å²) >= 11 is 0. The summed E-state index contributed by atoms with van der Waals surface area (Å²) in [5.41, 5.74) is 0.233. The van der Waals surface area contributed by atoms with E-state index in [2.05, 4.69) is 20.8 Å². The quantitative estimate of drug-likeness (QED) is 0.493. The zero-order valence-electron chi connectivity index (χ0n) is 6.31. The van der Waals surface area contributed by atoms with Gasteiger partial charge in [-0.15, -0.1) is 0 Å². The fourth-order valence-electron chi connectivity index (χ4n) is 0.834. The number of hydrogen-bond donors (Lipinski definition) is 0. The second kappa shape index (κ2) is 2.27. The zero-order chi connectivity index (χ0) is 6.91. The molecule has 0 spiro atoms. The fraction of sp³-hybridized carbons (Fsp3) is 1.00. The molecule has 2 heteroatoms. The maximum Gasteiger partial charge on any atom is 0.147 e. The highest BCUT2D eigenvalue weighted by atomic mass is 16.7. The average molecular weight is 130 g/mol. The topological polar surface area (TPSA) is 18.5 Å². The van der Waals surface area contributed by atoms with Gasteiger partial charge in [-0.3, -0.25) is 0 Å². The van der Waals surface area contributed by atoms with Crippen LogP contribution in [0.4, 0.5) is 0 Å². The SMILES string of the molecule is CC(C)(C)[C@H]1COCO1. The third-order valence-electron chi connectivity index (χ3n) is 1.59. The van der Waals surface area contributed by atoms with Crippen LogP contribution in [0.3, 0.4) is 0 Å². The Balaban J connectivity index is 2.42. The highest BCUT2D eigenvalue weighted by molar-refractivity contribution is 4.75. The standard InChI is InChI=1S/C7H14O2/c1-7(2,3)6-4-8-5-9-6/h6H,4-5H2,1-3H3/t6-/m1/s1. The second-order valence-corrected chi connectivity index (χ2v) is 3.51. The lowest BCUT2D eigenvalue weighted by atomic mass is 9.90. The lowest BCUT2D eigenvalue weighted by Crippen LogP contribution is -2.27. The predicted molar refractivity (Wildman–Crippen MR) is 35.1 cm³/mol. The minimum atomic E-state index is 0.233. The van der Waals surface area contributed by atoms with Crippen molar-refractivity contribution in [3.63, 3.8) is 0 Å². The van der Waals surface area contributed by atoms with Crippen LogP contribution in [0.1, 0.15) is 20.8 Å². The minimum Gasteiger partial charge on any atom is -0.353 e. The van der Waals surface area contributed by atoms with Gasteiger partial charge in [0.15, 0.2) is 0 Å². The van der Waals surface area contributed by atoms with Gasteiger partial charge >= 0.3 is 0 Å². The van der Waals surface area contributed by atoms with E-state index in [0.717, 1.165) is 6.61 Å². The number of ether oxygens (including phenoxy) is 2. The van der Waals surface area contributed by atoms with Crippen molar-refractivity contribution in [1.29, 1.82) is 0 Å². The first-order chi connectivity index (χ1) is 4.11. The van der Waals surface area contributed by atoms with Gasteiger partial charge in [0.1, 0.15) is 6.79 Å². The Morgan fingerprint density at radius 1 is 1.33 bits per heavy atom. The Bertz CT molecular complexity index is 87.6. The maximum atomic E-state index is 5.30. The molecule has 1 atom stereocenters. The summed E-state index contributed by atoms with van der Waals surface area (Å²) in [5.74, 6) is 0. The highest BCUT2D eigenvalue weighted by Crippen LogP contribution is 2.25. The van der Waals surface area contributed by atoms with Crippen LogP contribution in [-0.2, 0) is 9.47 Å². The molecule has 1 saturated heterocycles. The first kappa shape index (κ1) is 7.03. The molecule has 1 fully saturated rings. The van der Waals surface area contributed by atoms with Gasteiger partial charge in [0.05, 0.1) is 12.7 Å². The van der Waals surface area contributed by atoms with Crippen LogP contribution in [0, 0.1) is 5.41 Å². The lowest BCUT2D eigenvalue weighted by molar-refractivity contribution is 0.00941. The van der Waals surface area contributed by atoms with Crippen molar-refractivity contribution in [3.8, 4) is 0 Å². The van der Waals surface area contributed by atoms with Gasteiger partial charge in [-0.2, -0.15) is 0 Å². The summed E-state index contributed by atoms with van der Waals surface area (Å²) in [4.78, 5) is 0. The van der Waals surface area contributed by atoms with Crippen LogP contribution < -0.4 is 0 Å². The summed E-state index contributed by atoms with van der Waals surface area (Å²) in [6.07, 6.45) is 0.289. The Kier molecular flexibility index (Phi) is 1.78. The summed E-state index contributed by atoms with van der Waals surface area (Å²) < 4.78 is 10.4. The molecular weight excluding hydrogens is 116 g/mol. The Morgan fingerprint density at radius 3 is 2.22 bits per heavy atom. The van der Waals surface area contributed by atoms with Gasteiger partial charge in [-0.25, -0.2) is 0 Å². The molecule has 0 radical (unpaired) electrons. The summed E-state index contributed by atoms with van der Waals surface area (Å²) in [6.45, 7) is 7.70. The zero-order valence-corrected chi connectivity index (χ0v) is 6.31. The molecule has 2 nitrogen and oxygen atoms in total. The fourth-order valence-corrected chi connectivity index (χ4v) is 0.834. The van der Waals surface area contributed by atoms with Gasteiger partial charge < -0.3 is 9.47 Å². The molecule has 1 rings (SSSR count). The first-order valence-corrected chi connectivity index (χ1v) is 3.30. The van der Waals surface area contributed by atoms with E-state index in [1.165, 1.54) is 0 Å². The van der Waals surface area contributed by atoms with Gasteiger partial charge in [0.2, 0.25) is 0 Å². The molecular formula is C7H14O2. The van der Waals surface area contributed by atoms with Gasteiger partial charge in [-0.1, -0.05) is 20.8 Å². The van der Waals surface area contributed by atoms with E-state index in [4.69, 9.17) is 9.47 Å². The lowest BCUT2D eigenvalue weighted by Gasteiger charge is -2.23. The molecule has 1 aliphatic heterocycles. The summed E-state index contributed by atoms with van der Waals surface area (Å²) in [6, 6.07) is 0. The van der Waals surface area contributed by atoms with E-state index in [-0.39, 0.29) is 11.5 Å². The Morgan fingerprint density at radius 2 is 2.00 bits per heavy atom. The van der Waals surface area contributed by atoms with E-state index in [9.17, 15) is 0 Å². The Hall–Kier alpha value is -0.0800. The smallest absolute Gasteiger partial charge is 0.147 e. The molecule has 1 heterocycles. The third kappa shape index (κ3) is 1.66. The van der Waals surface area contributed by atoms with E-state index in [1.807, 2.05) is 0 Å². The van der Waals surface area contributed by atoms with Crippen LogP contribution in [0.2, 0.25) is 0 Å². The number of rotatable bonds is 0. The van der Waals surface area contributed by atoms with Crippen molar-refractivity contribution in [2.45, 2.75) is 26.9 Å². The van der Waals surface area contributed by atoms with Crippen LogP contribution in [0.15, 0.2) is 0 Å². The highest BCUT2D eigenvalue weighted by Gasteiger charge is 2.28. The Labute approximate surface area is 56.2 Å². The van der Waals surface area contributed by atoms with Crippen LogP contribution in [0.5, 0.6) is 0 Å². The second-order valence-electron chi connectivity index (χ2n) is 3.51. The molecule has 54 valence electrons. The monoisotopic (exact) mass is 130 g/mol. The van der Waals surface area contributed by atoms with Crippen LogP contribution >= 0.6 is 0 Å². The minimum absolute atomic E-state index is 0.233. The molecule has 1 aliphatic rings. The van der Waals surface area contributed by atoms with Crippen molar-refractivity contribution in [1.82, 2.24) is 0 Å². The molecule has 0 saturated carbocycles. The molecule has 0 aromatic carbocycles. The molecule has 0 aliphatic carbocycles. The molecule has 0 aromatic heterocycles. The maximum absolute atomic E-state index is 5.30. The van der Waals surface area contributed by atoms with Gasteiger partial charge in [0.25, 0.3) is 0 Å². The van der Waals surface area contributed by atoms with E-state index >= 15 is 0 Å². The number of hydrogen-bond acceptors (Lipinski definition) is 2. The summed E-state index contributed by atoms with van der Waals surface area (Å²) in [5, 5.41) is 0. The third-order valence-corrected chi connectivity index (χ3v) is 1.59. The molecule has 0 amide bonds. The van der Waals surface area contributed by atoms with Crippen molar-refractivity contribution in [2.24, 2.45) is 5.41 Å². The van der Waals surface area contributed by atoms with Crippen LogP contribution in [0.25, 0.3) is 0 Å². The molecule has 0 unspecified atom stereocenters.